The Morgan fingerprint density at radius 2 is 1.94 bits per heavy atom. The summed E-state index contributed by atoms with van der Waals surface area (Å²) in [6.07, 6.45) is 6.15. The Kier molecular flexibility index (Phi) is 5.76. The van der Waals surface area contributed by atoms with Crippen molar-refractivity contribution in [2.45, 2.75) is 38.1 Å². The average Bonchev–Trinajstić information content (AvgIpc) is 2.39. The van der Waals surface area contributed by atoms with Crippen LogP contribution in [0.3, 0.4) is 0 Å². The van der Waals surface area contributed by atoms with E-state index in [4.69, 9.17) is 10.5 Å². The van der Waals surface area contributed by atoms with E-state index in [9.17, 15) is 5.11 Å². The summed E-state index contributed by atoms with van der Waals surface area (Å²) in [5.41, 5.74) is 7.09. The van der Waals surface area contributed by atoms with Crippen LogP contribution >= 0.6 is 12.4 Å². The van der Waals surface area contributed by atoms with Gasteiger partial charge in [-0.05, 0) is 37.0 Å². The second-order valence-corrected chi connectivity index (χ2v) is 4.85. The fourth-order valence-corrected chi connectivity index (χ4v) is 2.67. The first kappa shape index (κ1) is 15.1. The van der Waals surface area contributed by atoms with E-state index in [1.54, 1.807) is 19.2 Å². The summed E-state index contributed by atoms with van der Waals surface area (Å²) >= 11 is 0. The third-order valence-corrected chi connectivity index (χ3v) is 3.75. The van der Waals surface area contributed by atoms with Gasteiger partial charge in [-0.3, -0.25) is 0 Å². The lowest BCUT2D eigenvalue weighted by Gasteiger charge is -2.28. The van der Waals surface area contributed by atoms with E-state index in [-0.39, 0.29) is 24.2 Å². The Labute approximate surface area is 115 Å². The minimum atomic E-state index is -0.0783. The number of phenols is 1. The topological polar surface area (TPSA) is 55.5 Å². The molecule has 0 amide bonds. The third-order valence-electron chi connectivity index (χ3n) is 3.75. The second kappa shape index (κ2) is 6.86. The Morgan fingerprint density at radius 1 is 1.28 bits per heavy atom. The van der Waals surface area contributed by atoms with Crippen molar-refractivity contribution in [1.29, 1.82) is 0 Å². The number of nitrogens with two attached hydrogens (primary N) is 1. The van der Waals surface area contributed by atoms with E-state index >= 15 is 0 Å². The maximum absolute atomic E-state index is 9.90. The quantitative estimate of drug-likeness (QED) is 0.886. The van der Waals surface area contributed by atoms with Crippen LogP contribution < -0.4 is 10.5 Å². The van der Waals surface area contributed by atoms with Crippen molar-refractivity contribution in [1.82, 2.24) is 0 Å². The molecule has 1 aliphatic rings. The standard InChI is InChI=1S/C14H21NO2.ClH/c1-17-11-7-8-13(16)12(9-11)14(15)10-5-3-2-4-6-10;/h7-10,14,16H,2-6,15H2,1H3;1H/t14-;/m0./s1. The van der Waals surface area contributed by atoms with Gasteiger partial charge >= 0.3 is 0 Å². The molecule has 0 saturated heterocycles. The number of hydrogen-bond acceptors (Lipinski definition) is 3. The molecule has 0 radical (unpaired) electrons. The summed E-state index contributed by atoms with van der Waals surface area (Å²) in [6.45, 7) is 0. The Bertz CT molecular complexity index is 378. The highest BCUT2D eigenvalue weighted by Gasteiger charge is 2.24. The van der Waals surface area contributed by atoms with Gasteiger partial charge in [0, 0.05) is 11.6 Å². The number of methoxy groups -OCH3 is 1. The number of ether oxygens (including phenoxy) is 1. The summed E-state index contributed by atoms with van der Waals surface area (Å²) in [5, 5.41) is 9.90. The van der Waals surface area contributed by atoms with E-state index in [0.717, 1.165) is 24.2 Å². The number of halogens is 1. The highest BCUT2D eigenvalue weighted by molar-refractivity contribution is 5.85. The van der Waals surface area contributed by atoms with Gasteiger partial charge in [-0.2, -0.15) is 0 Å². The Hall–Kier alpha value is -0.930. The van der Waals surface area contributed by atoms with Crippen LogP contribution in [0.25, 0.3) is 0 Å². The Morgan fingerprint density at radius 3 is 2.56 bits per heavy atom. The number of hydrogen-bond donors (Lipinski definition) is 2. The lowest BCUT2D eigenvalue weighted by molar-refractivity contribution is 0.302. The zero-order chi connectivity index (χ0) is 12.3. The SMILES string of the molecule is COc1ccc(O)c([C@@H](N)C2CCCCC2)c1.Cl. The van der Waals surface area contributed by atoms with Gasteiger partial charge in [0.05, 0.1) is 7.11 Å². The molecule has 102 valence electrons. The molecule has 2 rings (SSSR count). The van der Waals surface area contributed by atoms with Crippen LogP contribution in [-0.2, 0) is 0 Å². The zero-order valence-corrected chi connectivity index (χ0v) is 11.6. The zero-order valence-electron chi connectivity index (χ0n) is 10.8. The van der Waals surface area contributed by atoms with Crippen LogP contribution in [0.1, 0.15) is 43.7 Å². The molecule has 1 fully saturated rings. The van der Waals surface area contributed by atoms with Gasteiger partial charge in [-0.15, -0.1) is 12.4 Å². The summed E-state index contributed by atoms with van der Waals surface area (Å²) in [6, 6.07) is 5.20. The maximum atomic E-state index is 9.90. The molecule has 0 aromatic heterocycles. The third kappa shape index (κ3) is 3.30. The van der Waals surface area contributed by atoms with Crippen molar-refractivity contribution in [3.63, 3.8) is 0 Å². The molecule has 18 heavy (non-hydrogen) atoms. The van der Waals surface area contributed by atoms with Crippen molar-refractivity contribution in [3.8, 4) is 11.5 Å². The molecule has 3 nitrogen and oxygen atoms in total. The molecular weight excluding hydrogens is 250 g/mol. The van der Waals surface area contributed by atoms with Crippen molar-refractivity contribution in [3.05, 3.63) is 23.8 Å². The molecule has 3 N–H and O–H groups in total. The van der Waals surface area contributed by atoms with Gasteiger partial charge in [0.2, 0.25) is 0 Å². The summed E-state index contributed by atoms with van der Waals surface area (Å²) in [5.74, 6) is 1.52. The lowest BCUT2D eigenvalue weighted by Crippen LogP contribution is -2.23. The van der Waals surface area contributed by atoms with E-state index in [1.807, 2.05) is 6.07 Å². The molecule has 1 aliphatic carbocycles. The first-order valence-corrected chi connectivity index (χ1v) is 6.35. The van der Waals surface area contributed by atoms with Gasteiger partial charge in [0.25, 0.3) is 0 Å². The van der Waals surface area contributed by atoms with Crippen LogP contribution in [0.2, 0.25) is 0 Å². The largest absolute Gasteiger partial charge is 0.508 e. The summed E-state index contributed by atoms with van der Waals surface area (Å²) in [4.78, 5) is 0. The minimum Gasteiger partial charge on any atom is -0.508 e. The van der Waals surface area contributed by atoms with Gasteiger partial charge in [-0.1, -0.05) is 19.3 Å². The predicted octanol–water partition coefficient (Wildman–Crippen LogP) is 3.40. The monoisotopic (exact) mass is 271 g/mol. The minimum absolute atomic E-state index is 0. The molecule has 0 unspecified atom stereocenters. The fraction of sp³-hybridized carbons (Fsp3) is 0.571. The van der Waals surface area contributed by atoms with E-state index < -0.39 is 0 Å². The first-order valence-electron chi connectivity index (χ1n) is 6.35. The lowest BCUT2D eigenvalue weighted by atomic mass is 9.81. The highest BCUT2D eigenvalue weighted by atomic mass is 35.5. The summed E-state index contributed by atoms with van der Waals surface area (Å²) in [7, 11) is 1.63. The molecule has 4 heteroatoms. The van der Waals surface area contributed by atoms with Gasteiger partial charge < -0.3 is 15.6 Å². The van der Waals surface area contributed by atoms with Crippen LogP contribution in [0.4, 0.5) is 0 Å². The van der Waals surface area contributed by atoms with E-state index in [1.165, 1.54) is 19.3 Å². The number of rotatable bonds is 3. The maximum Gasteiger partial charge on any atom is 0.120 e. The van der Waals surface area contributed by atoms with Gasteiger partial charge in [-0.25, -0.2) is 0 Å². The van der Waals surface area contributed by atoms with Crippen LogP contribution in [0.15, 0.2) is 18.2 Å². The highest BCUT2D eigenvalue weighted by Crippen LogP contribution is 2.37. The van der Waals surface area contributed by atoms with Crippen molar-refractivity contribution in [2.24, 2.45) is 11.7 Å². The van der Waals surface area contributed by atoms with Gasteiger partial charge in [0.15, 0.2) is 0 Å². The molecule has 1 atom stereocenters. The second-order valence-electron chi connectivity index (χ2n) is 4.85. The number of aromatic hydroxyl groups is 1. The van der Waals surface area contributed by atoms with Crippen LogP contribution in [0, 0.1) is 5.92 Å². The number of benzene rings is 1. The number of phenolic OH excluding ortho intramolecular Hbond substituents is 1. The molecule has 1 aromatic rings. The molecule has 0 spiro atoms. The molecule has 0 heterocycles. The van der Waals surface area contributed by atoms with Crippen molar-refractivity contribution in [2.75, 3.05) is 7.11 Å². The smallest absolute Gasteiger partial charge is 0.120 e. The van der Waals surface area contributed by atoms with E-state index in [0.29, 0.717) is 5.92 Å². The summed E-state index contributed by atoms with van der Waals surface area (Å²) < 4.78 is 5.18. The van der Waals surface area contributed by atoms with Gasteiger partial charge in [0.1, 0.15) is 11.5 Å². The molecular formula is C14H22ClNO2. The first-order chi connectivity index (χ1) is 8.22. The van der Waals surface area contributed by atoms with Crippen LogP contribution in [-0.4, -0.2) is 12.2 Å². The van der Waals surface area contributed by atoms with E-state index in [2.05, 4.69) is 0 Å². The van der Waals surface area contributed by atoms with Crippen molar-refractivity contribution < 1.29 is 9.84 Å². The average molecular weight is 272 g/mol. The predicted molar refractivity (Wildman–Crippen MR) is 75.4 cm³/mol. The van der Waals surface area contributed by atoms with Crippen LogP contribution in [0.5, 0.6) is 11.5 Å². The Balaban J connectivity index is 0.00000162. The molecule has 0 bridgehead atoms. The normalized spacial score (nSPS) is 17.9. The molecule has 0 aliphatic heterocycles. The van der Waals surface area contributed by atoms with Crippen molar-refractivity contribution >= 4 is 12.4 Å². The molecule has 1 aromatic carbocycles. The molecule has 1 saturated carbocycles. The fourth-order valence-electron chi connectivity index (χ4n) is 2.67.